The number of urea groups is 1. The van der Waals surface area contributed by atoms with Crippen LogP contribution in [-0.2, 0) is 11.3 Å². The van der Waals surface area contributed by atoms with Crippen LogP contribution in [-0.4, -0.2) is 57.0 Å². The summed E-state index contributed by atoms with van der Waals surface area (Å²) in [6, 6.07) is 3.09. The minimum atomic E-state index is -0.921. The Labute approximate surface area is 132 Å². The molecule has 1 aliphatic rings. The zero-order chi connectivity index (χ0) is 15.4. The maximum absolute atomic E-state index is 12.8. The van der Waals surface area contributed by atoms with Crippen molar-refractivity contribution in [1.29, 1.82) is 0 Å². The molecule has 116 valence electrons. The molecular formula is C14H20N2O3S2. The van der Waals surface area contributed by atoms with E-state index in [1.54, 1.807) is 28.0 Å². The average molecular weight is 328 g/mol. The Balaban J connectivity index is 2.14. The number of carbonyl (C=O) groups excluding carboxylic acids is 1. The Hall–Kier alpha value is -1.21. The van der Waals surface area contributed by atoms with Gasteiger partial charge in [-0.25, -0.2) is 9.59 Å². The molecule has 2 heterocycles. The molecule has 5 nitrogen and oxygen atoms in total. The first kappa shape index (κ1) is 16.2. The van der Waals surface area contributed by atoms with Crippen molar-refractivity contribution < 1.29 is 14.7 Å². The fourth-order valence-electron chi connectivity index (χ4n) is 2.24. The molecular weight excluding hydrogens is 308 g/mol. The topological polar surface area (TPSA) is 60.9 Å². The quantitative estimate of drug-likeness (QED) is 0.923. The summed E-state index contributed by atoms with van der Waals surface area (Å²) in [6.45, 7) is 4.94. The molecule has 0 aliphatic carbocycles. The smallest absolute Gasteiger partial charge is 0.327 e. The summed E-state index contributed by atoms with van der Waals surface area (Å²) >= 11 is 3.19. The Kier molecular flexibility index (Phi) is 5.52. The van der Waals surface area contributed by atoms with Crippen LogP contribution in [0.15, 0.2) is 17.5 Å². The molecule has 21 heavy (non-hydrogen) atoms. The lowest BCUT2D eigenvalue weighted by molar-refractivity contribution is -0.141. The van der Waals surface area contributed by atoms with E-state index in [0.717, 1.165) is 10.6 Å². The van der Waals surface area contributed by atoms with Crippen LogP contribution < -0.4 is 0 Å². The van der Waals surface area contributed by atoms with Crippen LogP contribution in [0, 0.1) is 0 Å². The molecule has 1 aromatic rings. The molecule has 1 aromatic heterocycles. The predicted octanol–water partition coefficient (Wildman–Crippen LogP) is 2.58. The second-order valence-electron chi connectivity index (χ2n) is 5.21. The van der Waals surface area contributed by atoms with Crippen molar-refractivity contribution >= 4 is 35.1 Å². The minimum Gasteiger partial charge on any atom is -0.480 e. The van der Waals surface area contributed by atoms with Crippen molar-refractivity contribution in [2.75, 3.05) is 18.1 Å². The van der Waals surface area contributed by atoms with Gasteiger partial charge in [0, 0.05) is 29.0 Å². The van der Waals surface area contributed by atoms with Gasteiger partial charge in [0.15, 0.2) is 0 Å². The lowest BCUT2D eigenvalue weighted by Crippen LogP contribution is -2.55. The Bertz CT molecular complexity index is 490. The Morgan fingerprint density at radius 2 is 2.29 bits per heavy atom. The molecule has 2 rings (SSSR count). The average Bonchev–Trinajstić information content (AvgIpc) is 2.96. The molecule has 1 atom stereocenters. The van der Waals surface area contributed by atoms with E-state index in [2.05, 4.69) is 0 Å². The Morgan fingerprint density at radius 1 is 1.52 bits per heavy atom. The number of hydrogen-bond donors (Lipinski definition) is 1. The molecule has 0 aromatic carbocycles. The summed E-state index contributed by atoms with van der Waals surface area (Å²) in [5, 5.41) is 11.3. The van der Waals surface area contributed by atoms with E-state index in [9.17, 15) is 14.7 Å². The van der Waals surface area contributed by atoms with E-state index in [1.165, 1.54) is 4.90 Å². The molecule has 0 saturated carbocycles. The third-order valence-corrected chi connectivity index (χ3v) is 5.32. The SMILES string of the molecule is CC(C)N(Cc1cccs1)C(=O)N1CCSCC1C(=O)O. The van der Waals surface area contributed by atoms with Gasteiger partial charge in [-0.3, -0.25) is 0 Å². The summed E-state index contributed by atoms with van der Waals surface area (Å²) in [5.74, 6) is 0.335. The summed E-state index contributed by atoms with van der Waals surface area (Å²) in [4.78, 5) is 28.5. The van der Waals surface area contributed by atoms with Gasteiger partial charge in [-0.15, -0.1) is 11.3 Å². The highest BCUT2D eigenvalue weighted by Crippen LogP contribution is 2.21. The number of aliphatic carboxylic acids is 1. The number of carbonyl (C=O) groups is 2. The standard InChI is InChI=1S/C14H20N2O3S2/c1-10(2)16(8-11-4-3-6-21-11)14(19)15-5-7-20-9-12(15)13(17)18/h3-4,6,10,12H,5,7-9H2,1-2H3,(H,17,18). The number of thioether (sulfide) groups is 1. The van der Waals surface area contributed by atoms with Gasteiger partial charge in [-0.1, -0.05) is 6.07 Å². The third-order valence-electron chi connectivity index (χ3n) is 3.43. The van der Waals surface area contributed by atoms with Gasteiger partial charge in [0.2, 0.25) is 0 Å². The van der Waals surface area contributed by atoms with Gasteiger partial charge >= 0.3 is 12.0 Å². The van der Waals surface area contributed by atoms with Gasteiger partial charge < -0.3 is 14.9 Å². The highest BCUT2D eigenvalue weighted by Gasteiger charge is 2.35. The van der Waals surface area contributed by atoms with E-state index >= 15 is 0 Å². The van der Waals surface area contributed by atoms with E-state index < -0.39 is 12.0 Å². The van der Waals surface area contributed by atoms with Crippen molar-refractivity contribution in [3.05, 3.63) is 22.4 Å². The first-order chi connectivity index (χ1) is 10.0. The maximum Gasteiger partial charge on any atom is 0.327 e. The highest BCUT2D eigenvalue weighted by atomic mass is 32.2. The van der Waals surface area contributed by atoms with Crippen molar-refractivity contribution in [2.45, 2.75) is 32.5 Å². The number of rotatable bonds is 4. The molecule has 2 amide bonds. The molecule has 7 heteroatoms. The maximum atomic E-state index is 12.8. The van der Waals surface area contributed by atoms with Gasteiger partial charge in [-0.05, 0) is 25.3 Å². The first-order valence-electron chi connectivity index (χ1n) is 6.91. The van der Waals surface area contributed by atoms with Crippen LogP contribution in [0.5, 0.6) is 0 Å². The lowest BCUT2D eigenvalue weighted by Gasteiger charge is -2.38. The van der Waals surface area contributed by atoms with E-state index in [1.807, 2.05) is 31.4 Å². The monoisotopic (exact) mass is 328 g/mol. The van der Waals surface area contributed by atoms with Crippen LogP contribution in [0.1, 0.15) is 18.7 Å². The van der Waals surface area contributed by atoms with Gasteiger partial charge in [-0.2, -0.15) is 11.8 Å². The van der Waals surface area contributed by atoms with Crippen LogP contribution >= 0.6 is 23.1 Å². The predicted molar refractivity (Wildman–Crippen MR) is 85.8 cm³/mol. The lowest BCUT2D eigenvalue weighted by atomic mass is 10.2. The summed E-state index contributed by atoms with van der Waals surface area (Å²) in [5.41, 5.74) is 0. The van der Waals surface area contributed by atoms with Crippen LogP contribution in [0.25, 0.3) is 0 Å². The molecule has 1 unspecified atom stereocenters. The number of nitrogens with zero attached hydrogens (tertiary/aromatic N) is 2. The number of hydrogen-bond acceptors (Lipinski definition) is 4. The van der Waals surface area contributed by atoms with Crippen LogP contribution in [0.4, 0.5) is 4.79 Å². The van der Waals surface area contributed by atoms with E-state index in [-0.39, 0.29) is 12.1 Å². The summed E-state index contributed by atoms with van der Waals surface area (Å²) in [6.07, 6.45) is 0. The molecule has 0 radical (unpaired) electrons. The molecule has 0 spiro atoms. The largest absolute Gasteiger partial charge is 0.480 e. The van der Waals surface area contributed by atoms with Gasteiger partial charge in [0.25, 0.3) is 0 Å². The third kappa shape index (κ3) is 3.91. The summed E-state index contributed by atoms with van der Waals surface area (Å²) in [7, 11) is 0. The number of amides is 2. The minimum absolute atomic E-state index is 0.0311. The molecule has 1 N–H and O–H groups in total. The molecule has 1 saturated heterocycles. The highest BCUT2D eigenvalue weighted by molar-refractivity contribution is 7.99. The van der Waals surface area contributed by atoms with Crippen molar-refractivity contribution in [3.8, 4) is 0 Å². The fourth-order valence-corrected chi connectivity index (χ4v) is 3.98. The molecule has 1 fully saturated rings. The number of carboxylic acids is 1. The van der Waals surface area contributed by atoms with Crippen molar-refractivity contribution in [2.24, 2.45) is 0 Å². The number of thiophene rings is 1. The fraction of sp³-hybridized carbons (Fsp3) is 0.571. The first-order valence-corrected chi connectivity index (χ1v) is 8.94. The Morgan fingerprint density at radius 3 is 2.86 bits per heavy atom. The number of carboxylic acid groups (broad SMARTS) is 1. The van der Waals surface area contributed by atoms with Gasteiger partial charge in [0.1, 0.15) is 6.04 Å². The van der Waals surface area contributed by atoms with E-state index in [4.69, 9.17) is 0 Å². The second-order valence-corrected chi connectivity index (χ2v) is 7.39. The van der Waals surface area contributed by atoms with Crippen molar-refractivity contribution in [3.63, 3.8) is 0 Å². The molecule has 0 bridgehead atoms. The van der Waals surface area contributed by atoms with E-state index in [0.29, 0.717) is 18.8 Å². The van der Waals surface area contributed by atoms with Crippen LogP contribution in [0.3, 0.4) is 0 Å². The normalized spacial score (nSPS) is 18.8. The summed E-state index contributed by atoms with van der Waals surface area (Å²) < 4.78 is 0. The zero-order valence-corrected chi connectivity index (χ0v) is 13.8. The zero-order valence-electron chi connectivity index (χ0n) is 12.2. The van der Waals surface area contributed by atoms with Crippen LogP contribution in [0.2, 0.25) is 0 Å². The van der Waals surface area contributed by atoms with Gasteiger partial charge in [0.05, 0.1) is 6.54 Å². The van der Waals surface area contributed by atoms with Crippen molar-refractivity contribution in [1.82, 2.24) is 9.80 Å². The molecule has 1 aliphatic heterocycles. The second kappa shape index (κ2) is 7.17.